The second-order valence-corrected chi connectivity index (χ2v) is 4.64. The van der Waals surface area contributed by atoms with Crippen molar-refractivity contribution in [2.75, 3.05) is 0 Å². The van der Waals surface area contributed by atoms with Crippen LogP contribution >= 0.6 is 24.3 Å². The summed E-state index contributed by atoms with van der Waals surface area (Å²) >= 11 is 0. The van der Waals surface area contributed by atoms with E-state index in [1.165, 1.54) is 0 Å². The van der Waals surface area contributed by atoms with Gasteiger partial charge in [-0.2, -0.15) is 0 Å². The van der Waals surface area contributed by atoms with Crippen LogP contribution in [0.25, 0.3) is 0 Å². The molecule has 0 heterocycles. The van der Waals surface area contributed by atoms with E-state index in [-0.39, 0.29) is 25.8 Å². The summed E-state index contributed by atoms with van der Waals surface area (Å²) in [5.74, 6) is 0. The Morgan fingerprint density at radius 3 is 1.50 bits per heavy atom. The van der Waals surface area contributed by atoms with Gasteiger partial charge in [-0.3, -0.25) is 9.13 Å². The molecule has 0 aromatic rings. The molecule has 0 rings (SSSR count). The van der Waals surface area contributed by atoms with Gasteiger partial charge in [-0.05, 0) is 0 Å². The topological polar surface area (TPSA) is 130 Å². The molecule has 0 radical (unpaired) electrons. The molecule has 0 aromatic carbocycles. The van der Waals surface area contributed by atoms with E-state index < -0.39 is 24.3 Å². The van der Waals surface area contributed by atoms with Gasteiger partial charge in [-0.1, -0.05) is 0 Å². The van der Waals surface area contributed by atoms with Gasteiger partial charge in [0.25, 0.3) is 0 Å². The molecule has 8 nitrogen and oxygen atoms in total. The Morgan fingerprint density at radius 2 is 1.33 bits per heavy atom. The van der Waals surface area contributed by atoms with Crippen LogP contribution < -0.4 is 0 Å². The van der Waals surface area contributed by atoms with E-state index >= 15 is 0 Å². The maximum Gasteiger partial charge on any atom is 0.486 e. The third kappa shape index (κ3) is 9.45. The van der Waals surface area contributed by atoms with E-state index in [1.807, 2.05) is 0 Å². The Bertz CT molecular complexity index is 200. The van der Waals surface area contributed by atoms with E-state index in [2.05, 4.69) is 8.62 Å². The van der Waals surface area contributed by atoms with E-state index in [0.29, 0.717) is 0 Å². The molecule has 0 spiro atoms. The molecular formula is H5HfO8P3. The standard InChI is InChI=1S/Hf.H5O8P3/c;1-9(2)7-11(5,6)8-10(3)4/h;9-10H,(H,1,2)(H,3,4)(H,5,6). The Kier molecular flexibility index (Phi) is 8.91. The number of rotatable bonds is 4. The van der Waals surface area contributed by atoms with E-state index in [0.717, 1.165) is 0 Å². The largest absolute Gasteiger partial charge is 0.486 e. The first-order valence-corrected chi connectivity index (χ1v) is 6.03. The minimum Gasteiger partial charge on any atom is -0.326 e. The normalized spacial score (nSPS) is 20.2. The van der Waals surface area contributed by atoms with Crippen LogP contribution in [-0.4, -0.2) is 14.7 Å². The van der Waals surface area contributed by atoms with Gasteiger partial charge in [0.2, 0.25) is 0 Å². The van der Waals surface area contributed by atoms with Crippen molar-refractivity contribution in [2.24, 2.45) is 0 Å². The number of hydrogen-bond donors (Lipinski definition) is 3. The molecule has 0 aliphatic carbocycles. The number of phosphoric acid groups is 1. The summed E-state index contributed by atoms with van der Waals surface area (Å²) in [5, 5.41) is 0. The smallest absolute Gasteiger partial charge is 0.326 e. The summed E-state index contributed by atoms with van der Waals surface area (Å²) in [7, 11) is -12.2. The Labute approximate surface area is 87.2 Å². The molecule has 0 amide bonds. The molecule has 12 heteroatoms. The van der Waals surface area contributed by atoms with Crippen molar-refractivity contribution < 1.29 is 62.8 Å². The molecule has 0 bridgehead atoms. The van der Waals surface area contributed by atoms with Crippen molar-refractivity contribution in [1.82, 2.24) is 0 Å². The molecule has 0 saturated carbocycles. The predicted molar refractivity (Wildman–Crippen MR) is 34.4 cm³/mol. The molecule has 0 aliphatic rings. The van der Waals surface area contributed by atoms with Crippen LogP contribution in [0.5, 0.6) is 0 Å². The van der Waals surface area contributed by atoms with Crippen LogP contribution in [0.4, 0.5) is 0 Å². The van der Waals surface area contributed by atoms with E-state index in [9.17, 15) is 13.7 Å². The monoisotopic (exact) mass is 406 g/mol. The van der Waals surface area contributed by atoms with Gasteiger partial charge < -0.3 is 14.7 Å². The van der Waals surface area contributed by atoms with Crippen molar-refractivity contribution in [2.45, 2.75) is 0 Å². The Balaban J connectivity index is 0. The van der Waals surface area contributed by atoms with Gasteiger partial charge in [0, 0.05) is 25.8 Å². The molecule has 0 saturated heterocycles. The zero-order chi connectivity index (χ0) is 9.07. The molecule has 72 valence electrons. The summed E-state index contributed by atoms with van der Waals surface area (Å²) < 4.78 is 36.6. The molecule has 2 unspecified atom stereocenters. The van der Waals surface area contributed by atoms with E-state index in [1.54, 1.807) is 0 Å². The first-order valence-electron chi connectivity index (χ1n) is 2.01. The van der Waals surface area contributed by atoms with Crippen molar-refractivity contribution >= 4 is 24.3 Å². The zero-order valence-corrected chi connectivity index (χ0v) is 11.8. The fraction of sp³-hybridized carbons (Fsp3) is 0. The van der Waals surface area contributed by atoms with Crippen LogP contribution in [0.2, 0.25) is 0 Å². The summed E-state index contributed by atoms with van der Waals surface area (Å²) in [6.07, 6.45) is 0. The second kappa shape index (κ2) is 6.76. The first kappa shape index (κ1) is 15.8. The molecule has 0 fully saturated rings. The third-order valence-corrected chi connectivity index (χ3v) is 3.48. The van der Waals surface area contributed by atoms with Crippen LogP contribution in [0.1, 0.15) is 0 Å². The fourth-order valence-corrected chi connectivity index (χ4v) is 2.28. The molecule has 3 N–H and O–H groups in total. The average Bonchev–Trinajstić information content (AvgIpc) is 1.53. The van der Waals surface area contributed by atoms with Crippen molar-refractivity contribution in [3.8, 4) is 0 Å². The van der Waals surface area contributed by atoms with Gasteiger partial charge in [-0.25, -0.2) is 13.2 Å². The summed E-state index contributed by atoms with van der Waals surface area (Å²) in [6.45, 7) is 0. The third-order valence-electron chi connectivity index (χ3n) is 0.387. The predicted octanol–water partition coefficient (Wildman–Crippen LogP) is -0.119. The SMILES string of the molecule is O=[PH](O)OP(=O)(O)O[PH](=O)O.[Hf]. The molecule has 2 atom stereocenters. The Hall–Kier alpha value is 1.36. The molecular weight excluding hydrogens is 399 g/mol. The zero-order valence-electron chi connectivity index (χ0n) is 5.33. The van der Waals surface area contributed by atoms with Gasteiger partial charge in [0.05, 0.1) is 0 Å². The maximum atomic E-state index is 10.3. The van der Waals surface area contributed by atoms with Crippen molar-refractivity contribution in [3.63, 3.8) is 0 Å². The van der Waals surface area contributed by atoms with Gasteiger partial charge >= 0.3 is 24.3 Å². The number of hydrogen-bond acceptors (Lipinski definition) is 5. The van der Waals surface area contributed by atoms with Crippen molar-refractivity contribution in [1.29, 1.82) is 0 Å². The van der Waals surface area contributed by atoms with Gasteiger partial charge in [0.1, 0.15) is 0 Å². The van der Waals surface area contributed by atoms with Crippen molar-refractivity contribution in [3.05, 3.63) is 0 Å². The molecule has 0 aliphatic heterocycles. The van der Waals surface area contributed by atoms with Crippen LogP contribution in [-0.2, 0) is 48.2 Å². The van der Waals surface area contributed by atoms with Crippen LogP contribution in [0.3, 0.4) is 0 Å². The molecule has 12 heavy (non-hydrogen) atoms. The molecule has 0 aromatic heterocycles. The summed E-state index contributed by atoms with van der Waals surface area (Å²) in [6, 6.07) is 0. The van der Waals surface area contributed by atoms with Gasteiger partial charge in [0.15, 0.2) is 0 Å². The fourth-order valence-electron chi connectivity index (χ4n) is 0.216. The average molecular weight is 404 g/mol. The first-order chi connectivity index (χ1) is 4.83. The van der Waals surface area contributed by atoms with E-state index in [4.69, 9.17) is 14.7 Å². The van der Waals surface area contributed by atoms with Gasteiger partial charge in [-0.15, -0.1) is 0 Å². The Morgan fingerprint density at radius 1 is 1.08 bits per heavy atom. The summed E-state index contributed by atoms with van der Waals surface area (Å²) in [4.78, 5) is 24.2. The second-order valence-electron chi connectivity index (χ2n) is 1.18. The van der Waals surface area contributed by atoms with Crippen LogP contribution in [0, 0.1) is 0 Å². The summed E-state index contributed by atoms with van der Waals surface area (Å²) in [5.41, 5.74) is 0. The minimum absolute atomic E-state index is 0. The maximum absolute atomic E-state index is 10.3. The van der Waals surface area contributed by atoms with Crippen LogP contribution in [0.15, 0.2) is 0 Å². The minimum atomic E-state index is -4.84. The quantitative estimate of drug-likeness (QED) is 0.437.